The summed E-state index contributed by atoms with van der Waals surface area (Å²) in [7, 11) is 0. The number of hydrogen-bond acceptors (Lipinski definition) is 5. The number of rotatable bonds is 7. The number of hydrogen-bond donors (Lipinski definition) is 2. The van der Waals surface area contributed by atoms with Gasteiger partial charge in [0, 0.05) is 28.9 Å². The lowest BCUT2D eigenvalue weighted by Crippen LogP contribution is -2.05. The third-order valence-electron chi connectivity index (χ3n) is 3.90. The van der Waals surface area contributed by atoms with Crippen molar-refractivity contribution in [3.8, 4) is 0 Å². The standard InChI is InChI=1S/C15H14BrNO3.C7H9NO2.C2H6/c1-2-20-15(19)13-7-11(9-17-13)14(18)8-10-5-3-4-6-12(10)16;1-2-10-7(9)6-4-3-5-8-6;1-2/h3-7,9,17H,2,8H2,1H3;3-5,8H,2H2,1H3;1-2H3. The smallest absolute Gasteiger partial charge is 0.354 e. The Morgan fingerprint density at radius 2 is 1.50 bits per heavy atom. The third-order valence-corrected chi connectivity index (χ3v) is 4.68. The first-order valence-electron chi connectivity index (χ1n) is 10.4. The molecule has 7 nitrogen and oxygen atoms in total. The van der Waals surface area contributed by atoms with Gasteiger partial charge in [-0.05, 0) is 43.7 Å². The Hall–Kier alpha value is -3.13. The van der Waals surface area contributed by atoms with E-state index in [0.29, 0.717) is 30.2 Å². The molecular weight excluding hydrogens is 476 g/mol. The maximum absolute atomic E-state index is 12.2. The molecule has 0 fully saturated rings. The first-order valence-corrected chi connectivity index (χ1v) is 11.2. The highest BCUT2D eigenvalue weighted by Crippen LogP contribution is 2.18. The van der Waals surface area contributed by atoms with E-state index in [4.69, 9.17) is 9.47 Å². The average Bonchev–Trinajstić information content (AvgIpc) is 3.50. The zero-order valence-corrected chi connectivity index (χ0v) is 20.3. The molecule has 0 radical (unpaired) electrons. The number of Topliss-reactive ketones (excluding diaryl/α,β-unsaturated/α-hetero) is 1. The molecule has 0 aliphatic heterocycles. The van der Waals surface area contributed by atoms with Gasteiger partial charge in [-0.25, -0.2) is 9.59 Å². The molecule has 0 bridgehead atoms. The van der Waals surface area contributed by atoms with Crippen LogP contribution in [-0.4, -0.2) is 40.9 Å². The highest BCUT2D eigenvalue weighted by atomic mass is 79.9. The number of carbonyl (C=O) groups is 3. The van der Waals surface area contributed by atoms with Crippen LogP contribution in [0.2, 0.25) is 0 Å². The Kier molecular flexibility index (Phi) is 12.4. The van der Waals surface area contributed by atoms with Gasteiger partial charge >= 0.3 is 11.9 Å². The summed E-state index contributed by atoms with van der Waals surface area (Å²) in [5.74, 6) is -0.802. The molecule has 0 unspecified atom stereocenters. The number of aromatic nitrogens is 2. The maximum atomic E-state index is 12.2. The Bertz CT molecular complexity index is 980. The molecule has 2 heterocycles. The first kappa shape index (κ1) is 26.9. The normalized spacial score (nSPS) is 9.53. The van der Waals surface area contributed by atoms with E-state index in [9.17, 15) is 14.4 Å². The summed E-state index contributed by atoms with van der Waals surface area (Å²) in [6.07, 6.45) is 3.50. The van der Waals surface area contributed by atoms with Crippen LogP contribution in [0.3, 0.4) is 0 Å². The minimum absolute atomic E-state index is 0.0521. The van der Waals surface area contributed by atoms with E-state index in [1.54, 1.807) is 32.2 Å². The average molecular weight is 505 g/mol. The lowest BCUT2D eigenvalue weighted by Gasteiger charge is -2.02. The summed E-state index contributed by atoms with van der Waals surface area (Å²) in [6, 6.07) is 12.5. The van der Waals surface area contributed by atoms with Gasteiger partial charge in [0.05, 0.1) is 13.2 Å². The first-order chi connectivity index (χ1) is 15.5. The minimum Gasteiger partial charge on any atom is -0.461 e. The quantitative estimate of drug-likeness (QED) is 0.322. The highest BCUT2D eigenvalue weighted by molar-refractivity contribution is 9.10. The van der Waals surface area contributed by atoms with Gasteiger partial charge < -0.3 is 19.4 Å². The monoisotopic (exact) mass is 504 g/mol. The van der Waals surface area contributed by atoms with Crippen LogP contribution in [0.4, 0.5) is 0 Å². The zero-order valence-electron chi connectivity index (χ0n) is 18.7. The lowest BCUT2D eigenvalue weighted by atomic mass is 10.1. The fourth-order valence-corrected chi connectivity index (χ4v) is 2.89. The Labute approximate surface area is 196 Å². The Morgan fingerprint density at radius 1 is 0.875 bits per heavy atom. The van der Waals surface area contributed by atoms with Gasteiger partial charge in [0.25, 0.3) is 0 Å². The van der Waals surface area contributed by atoms with E-state index in [1.165, 1.54) is 12.3 Å². The predicted molar refractivity (Wildman–Crippen MR) is 127 cm³/mol. The van der Waals surface area contributed by atoms with Crippen molar-refractivity contribution < 1.29 is 23.9 Å². The molecular formula is C24H29BrN2O5. The molecule has 172 valence electrons. The second-order valence-corrected chi connectivity index (χ2v) is 6.87. The van der Waals surface area contributed by atoms with Crippen molar-refractivity contribution in [2.75, 3.05) is 13.2 Å². The molecule has 0 amide bonds. The number of ketones is 1. The molecule has 0 saturated carbocycles. The zero-order chi connectivity index (χ0) is 23.9. The lowest BCUT2D eigenvalue weighted by molar-refractivity contribution is 0.0511. The molecule has 0 atom stereocenters. The van der Waals surface area contributed by atoms with E-state index in [2.05, 4.69) is 25.9 Å². The van der Waals surface area contributed by atoms with Gasteiger partial charge in [0.15, 0.2) is 5.78 Å². The molecule has 32 heavy (non-hydrogen) atoms. The summed E-state index contributed by atoms with van der Waals surface area (Å²) in [5, 5.41) is 0. The van der Waals surface area contributed by atoms with Crippen LogP contribution in [0.15, 0.2) is 59.3 Å². The van der Waals surface area contributed by atoms with Crippen LogP contribution < -0.4 is 0 Å². The SMILES string of the molecule is CC.CCOC(=O)c1cc(C(=O)Cc2ccccc2Br)c[nH]1.CCOC(=O)c1ccc[nH]1. The van der Waals surface area contributed by atoms with Crippen LogP contribution in [0.25, 0.3) is 0 Å². The Morgan fingerprint density at radius 3 is 2.06 bits per heavy atom. The number of ether oxygens (including phenoxy) is 2. The van der Waals surface area contributed by atoms with Gasteiger partial charge in [-0.15, -0.1) is 0 Å². The van der Waals surface area contributed by atoms with Crippen LogP contribution >= 0.6 is 15.9 Å². The van der Waals surface area contributed by atoms with Gasteiger partial charge in [-0.2, -0.15) is 0 Å². The topological polar surface area (TPSA) is 101 Å². The number of nitrogens with one attached hydrogen (secondary N) is 2. The number of carbonyl (C=O) groups excluding carboxylic acids is 3. The van der Waals surface area contributed by atoms with E-state index < -0.39 is 5.97 Å². The van der Waals surface area contributed by atoms with Crippen LogP contribution in [-0.2, 0) is 15.9 Å². The van der Waals surface area contributed by atoms with Crippen LogP contribution in [0.5, 0.6) is 0 Å². The molecule has 8 heteroatoms. The van der Waals surface area contributed by atoms with E-state index >= 15 is 0 Å². The second kappa shape index (κ2) is 14.8. The van der Waals surface area contributed by atoms with Gasteiger partial charge in [-0.1, -0.05) is 48.0 Å². The van der Waals surface area contributed by atoms with E-state index in [0.717, 1.165) is 10.0 Å². The van der Waals surface area contributed by atoms with Gasteiger partial charge in [-0.3, -0.25) is 4.79 Å². The minimum atomic E-state index is -0.451. The Balaban J connectivity index is 0.000000358. The molecule has 0 aliphatic rings. The summed E-state index contributed by atoms with van der Waals surface area (Å²) >= 11 is 3.41. The summed E-state index contributed by atoms with van der Waals surface area (Å²) < 4.78 is 10.5. The molecule has 3 rings (SSSR count). The molecule has 0 aliphatic carbocycles. The van der Waals surface area contributed by atoms with E-state index in [1.807, 2.05) is 38.1 Å². The summed E-state index contributed by atoms with van der Waals surface area (Å²) in [6.45, 7) is 8.23. The number of aromatic amines is 2. The van der Waals surface area contributed by atoms with Gasteiger partial charge in [0.1, 0.15) is 11.4 Å². The molecule has 2 aromatic heterocycles. The molecule has 3 aromatic rings. The molecule has 2 N–H and O–H groups in total. The van der Waals surface area contributed by atoms with Crippen LogP contribution in [0.1, 0.15) is 64.6 Å². The predicted octanol–water partition coefficient (Wildman–Crippen LogP) is 5.60. The molecule has 1 aromatic carbocycles. The fraction of sp³-hybridized carbons (Fsp3) is 0.292. The van der Waals surface area contributed by atoms with Crippen LogP contribution in [0, 0.1) is 0 Å². The highest BCUT2D eigenvalue weighted by Gasteiger charge is 2.15. The second-order valence-electron chi connectivity index (χ2n) is 6.02. The van der Waals surface area contributed by atoms with Crippen molar-refractivity contribution in [1.82, 2.24) is 9.97 Å². The number of H-pyrrole nitrogens is 2. The number of benzene rings is 1. The molecule has 0 spiro atoms. The molecule has 0 saturated heterocycles. The maximum Gasteiger partial charge on any atom is 0.354 e. The largest absolute Gasteiger partial charge is 0.461 e. The number of halogens is 1. The van der Waals surface area contributed by atoms with Crippen molar-refractivity contribution in [2.24, 2.45) is 0 Å². The van der Waals surface area contributed by atoms with Crippen molar-refractivity contribution in [3.05, 3.63) is 81.8 Å². The van der Waals surface area contributed by atoms with Crippen molar-refractivity contribution in [1.29, 1.82) is 0 Å². The summed E-state index contributed by atoms with van der Waals surface area (Å²) in [5.41, 5.74) is 2.18. The van der Waals surface area contributed by atoms with Crippen molar-refractivity contribution in [2.45, 2.75) is 34.1 Å². The fourth-order valence-electron chi connectivity index (χ4n) is 2.46. The third kappa shape index (κ3) is 8.55. The summed E-state index contributed by atoms with van der Waals surface area (Å²) in [4.78, 5) is 40.1. The van der Waals surface area contributed by atoms with Gasteiger partial charge in [0.2, 0.25) is 0 Å². The van der Waals surface area contributed by atoms with E-state index in [-0.39, 0.29) is 18.2 Å². The number of esters is 2. The van der Waals surface area contributed by atoms with Crippen molar-refractivity contribution >= 4 is 33.7 Å². The van der Waals surface area contributed by atoms with Crippen molar-refractivity contribution in [3.63, 3.8) is 0 Å².